The third-order valence-electron chi connectivity index (χ3n) is 8.56. The summed E-state index contributed by atoms with van der Waals surface area (Å²) < 4.78 is 7.87. The molecule has 1 amide bonds. The normalized spacial score (nSPS) is 19.6. The van der Waals surface area contributed by atoms with E-state index in [1.54, 1.807) is 13.1 Å². The van der Waals surface area contributed by atoms with E-state index in [1.165, 1.54) is 25.0 Å². The summed E-state index contributed by atoms with van der Waals surface area (Å²) in [5.41, 5.74) is 12.1. The maximum atomic E-state index is 12.3. The molecular formula is C31H38N6O2. The molecule has 3 aliphatic rings. The number of allylic oxidation sites excluding steroid dienone is 1. The molecule has 2 aromatic heterocycles. The molecule has 0 radical (unpaired) electrons. The molecule has 2 aliphatic heterocycles. The van der Waals surface area contributed by atoms with E-state index < -0.39 is 0 Å². The van der Waals surface area contributed by atoms with Crippen LogP contribution >= 0.6 is 0 Å². The van der Waals surface area contributed by atoms with Crippen LogP contribution in [0.2, 0.25) is 0 Å². The molecule has 0 spiro atoms. The molecule has 8 heteroatoms. The van der Waals surface area contributed by atoms with Gasteiger partial charge in [-0.15, -0.1) is 0 Å². The van der Waals surface area contributed by atoms with Crippen LogP contribution in [0.1, 0.15) is 74.9 Å². The van der Waals surface area contributed by atoms with E-state index in [4.69, 9.17) is 25.5 Å². The SMILES string of the molecule is CC(=O)N1CCc2c(c(-c3cccc4cc(/C(C=NC5CCCCC5)=C/N)ncc34)nn2C2CCOCC2)C1. The van der Waals surface area contributed by atoms with Gasteiger partial charge in [-0.2, -0.15) is 5.10 Å². The average molecular weight is 527 g/mol. The molecule has 0 unspecified atom stereocenters. The topological polar surface area (TPSA) is 98.6 Å². The number of amides is 1. The Kier molecular flexibility index (Phi) is 7.46. The molecule has 0 atom stereocenters. The van der Waals surface area contributed by atoms with Gasteiger partial charge in [0.2, 0.25) is 5.91 Å². The van der Waals surface area contributed by atoms with Crippen molar-refractivity contribution in [3.05, 3.63) is 53.6 Å². The summed E-state index contributed by atoms with van der Waals surface area (Å²) in [6.07, 6.45) is 14.3. The molecule has 1 aliphatic carbocycles. The van der Waals surface area contributed by atoms with Crippen molar-refractivity contribution in [1.82, 2.24) is 19.7 Å². The summed E-state index contributed by atoms with van der Waals surface area (Å²) in [6.45, 7) is 4.49. The van der Waals surface area contributed by atoms with Crippen LogP contribution in [0.3, 0.4) is 0 Å². The molecule has 39 heavy (non-hydrogen) atoms. The fourth-order valence-electron chi connectivity index (χ4n) is 6.31. The molecule has 1 saturated carbocycles. The zero-order chi connectivity index (χ0) is 26.8. The number of pyridine rings is 1. The Bertz CT molecular complexity index is 1410. The van der Waals surface area contributed by atoms with Crippen LogP contribution in [0.15, 0.2) is 41.7 Å². The van der Waals surface area contributed by atoms with Crippen molar-refractivity contribution in [1.29, 1.82) is 0 Å². The summed E-state index contributed by atoms with van der Waals surface area (Å²) in [4.78, 5) is 23.9. The lowest BCUT2D eigenvalue weighted by Gasteiger charge is -2.29. The van der Waals surface area contributed by atoms with Crippen LogP contribution in [0, 0.1) is 0 Å². The first-order valence-electron chi connectivity index (χ1n) is 14.4. The molecule has 1 saturated heterocycles. The molecule has 2 N–H and O–H groups in total. The molecule has 1 aromatic carbocycles. The van der Waals surface area contributed by atoms with Crippen LogP contribution in [-0.2, 0) is 22.5 Å². The van der Waals surface area contributed by atoms with Gasteiger partial charge in [-0.1, -0.05) is 37.5 Å². The van der Waals surface area contributed by atoms with E-state index in [0.717, 1.165) is 90.7 Å². The number of nitrogens with zero attached hydrogens (tertiary/aromatic N) is 5. The highest BCUT2D eigenvalue weighted by Crippen LogP contribution is 2.37. The van der Waals surface area contributed by atoms with Crippen LogP contribution in [0.5, 0.6) is 0 Å². The second-order valence-corrected chi connectivity index (χ2v) is 11.0. The van der Waals surface area contributed by atoms with Gasteiger partial charge in [0.1, 0.15) is 0 Å². The average Bonchev–Trinajstić information content (AvgIpc) is 3.37. The minimum absolute atomic E-state index is 0.102. The van der Waals surface area contributed by atoms with Crippen LogP contribution in [0.4, 0.5) is 0 Å². The molecule has 0 bridgehead atoms. The van der Waals surface area contributed by atoms with Crippen molar-refractivity contribution in [2.24, 2.45) is 10.7 Å². The number of nitrogens with two attached hydrogens (primary N) is 1. The van der Waals surface area contributed by atoms with E-state index in [2.05, 4.69) is 28.9 Å². The minimum Gasteiger partial charge on any atom is -0.404 e. The molecule has 8 nitrogen and oxygen atoms in total. The number of carbonyl (C=O) groups is 1. The first-order chi connectivity index (χ1) is 19.1. The van der Waals surface area contributed by atoms with E-state index in [0.29, 0.717) is 18.6 Å². The van der Waals surface area contributed by atoms with Gasteiger partial charge in [-0.25, -0.2) is 0 Å². The quantitative estimate of drug-likeness (QED) is 0.469. The van der Waals surface area contributed by atoms with Crippen LogP contribution in [0.25, 0.3) is 27.6 Å². The number of hydrogen-bond acceptors (Lipinski definition) is 6. The van der Waals surface area contributed by atoms with Crippen molar-refractivity contribution in [2.45, 2.75) is 76.9 Å². The summed E-state index contributed by atoms with van der Waals surface area (Å²) in [6, 6.07) is 9.11. The summed E-state index contributed by atoms with van der Waals surface area (Å²) in [5, 5.41) is 7.35. The van der Waals surface area contributed by atoms with Gasteiger partial charge >= 0.3 is 0 Å². The zero-order valence-electron chi connectivity index (χ0n) is 22.8. The maximum absolute atomic E-state index is 12.3. The number of fused-ring (bicyclic) bond motifs is 2. The van der Waals surface area contributed by atoms with E-state index >= 15 is 0 Å². The predicted molar refractivity (Wildman–Crippen MR) is 154 cm³/mol. The maximum Gasteiger partial charge on any atom is 0.219 e. The summed E-state index contributed by atoms with van der Waals surface area (Å²) >= 11 is 0. The molecular weight excluding hydrogens is 488 g/mol. The van der Waals surface area contributed by atoms with Crippen molar-refractivity contribution < 1.29 is 9.53 Å². The predicted octanol–water partition coefficient (Wildman–Crippen LogP) is 5.06. The second kappa shape index (κ2) is 11.3. The molecule has 6 rings (SSSR count). The number of carbonyl (C=O) groups excluding carboxylic acids is 1. The molecule has 2 fully saturated rings. The van der Waals surface area contributed by atoms with Gasteiger partial charge in [0.05, 0.1) is 17.4 Å². The summed E-state index contributed by atoms with van der Waals surface area (Å²) in [5.74, 6) is 0.102. The van der Waals surface area contributed by atoms with Gasteiger partial charge < -0.3 is 15.4 Å². The standard InChI is InChI=1S/C31H38N6O2/c1-21(38)36-13-10-30-28(20-36)31(35-37(30)25-11-14-39-15-12-25)26-9-5-6-22-16-29(34-19-27(22)26)23(17-32)18-33-24-7-3-2-4-8-24/h5-6,9,16-19,24-25H,2-4,7-8,10-15,20,32H2,1H3/b23-17+,33-18?. The Hall–Kier alpha value is -3.52. The largest absolute Gasteiger partial charge is 0.404 e. The van der Waals surface area contributed by atoms with Gasteiger partial charge in [0.25, 0.3) is 0 Å². The van der Waals surface area contributed by atoms with Crippen molar-refractivity contribution in [3.63, 3.8) is 0 Å². The zero-order valence-corrected chi connectivity index (χ0v) is 22.8. The number of aromatic nitrogens is 3. The lowest BCUT2D eigenvalue weighted by atomic mass is 9.96. The summed E-state index contributed by atoms with van der Waals surface area (Å²) in [7, 11) is 0. The van der Waals surface area contributed by atoms with E-state index in [-0.39, 0.29) is 5.91 Å². The van der Waals surface area contributed by atoms with Gasteiger partial charge in [0, 0.05) is 92.1 Å². The highest BCUT2D eigenvalue weighted by atomic mass is 16.5. The van der Waals surface area contributed by atoms with Crippen molar-refractivity contribution >= 4 is 28.5 Å². The van der Waals surface area contributed by atoms with Crippen LogP contribution in [-0.4, -0.2) is 57.6 Å². The van der Waals surface area contributed by atoms with Gasteiger partial charge in [0.15, 0.2) is 0 Å². The van der Waals surface area contributed by atoms with E-state index in [1.807, 2.05) is 17.3 Å². The number of ether oxygens (including phenoxy) is 1. The van der Waals surface area contributed by atoms with Crippen molar-refractivity contribution in [2.75, 3.05) is 19.8 Å². The fourth-order valence-corrected chi connectivity index (χ4v) is 6.31. The number of rotatable bonds is 5. The molecule has 4 heterocycles. The lowest BCUT2D eigenvalue weighted by Crippen LogP contribution is -2.35. The highest BCUT2D eigenvalue weighted by Gasteiger charge is 2.30. The number of aliphatic imine (C=N–C) groups is 1. The van der Waals surface area contributed by atoms with Gasteiger partial charge in [-0.3, -0.25) is 19.5 Å². The third-order valence-corrected chi connectivity index (χ3v) is 8.56. The Morgan fingerprint density at radius 1 is 1.15 bits per heavy atom. The van der Waals surface area contributed by atoms with E-state index in [9.17, 15) is 4.79 Å². The third kappa shape index (κ3) is 5.22. The monoisotopic (exact) mass is 526 g/mol. The number of hydrogen-bond donors (Lipinski definition) is 1. The Morgan fingerprint density at radius 2 is 1.97 bits per heavy atom. The minimum atomic E-state index is 0.102. The van der Waals surface area contributed by atoms with Gasteiger partial charge in [-0.05, 0) is 37.1 Å². The highest BCUT2D eigenvalue weighted by molar-refractivity contribution is 6.10. The number of benzene rings is 1. The Morgan fingerprint density at radius 3 is 2.74 bits per heavy atom. The molecule has 204 valence electrons. The fraction of sp³-hybridized carbons (Fsp3) is 0.484. The smallest absolute Gasteiger partial charge is 0.219 e. The Labute approximate surface area is 229 Å². The first kappa shape index (κ1) is 25.7. The second-order valence-electron chi connectivity index (χ2n) is 11.0. The molecule has 3 aromatic rings. The van der Waals surface area contributed by atoms with Crippen LogP contribution < -0.4 is 5.73 Å². The lowest BCUT2D eigenvalue weighted by molar-refractivity contribution is -0.129. The Balaban J connectivity index is 1.38. The van der Waals surface area contributed by atoms with Crippen molar-refractivity contribution in [3.8, 4) is 11.3 Å². The first-order valence-corrected chi connectivity index (χ1v) is 14.4.